The van der Waals surface area contributed by atoms with Gasteiger partial charge in [-0.15, -0.1) is 0 Å². The first-order valence-electron chi connectivity index (χ1n) is 7.38. The van der Waals surface area contributed by atoms with Crippen molar-refractivity contribution in [3.8, 4) is 0 Å². The van der Waals surface area contributed by atoms with Gasteiger partial charge in [0, 0.05) is 18.7 Å². The van der Waals surface area contributed by atoms with Crippen LogP contribution in [0.2, 0.25) is 0 Å². The van der Waals surface area contributed by atoms with Crippen LogP contribution in [-0.2, 0) is 16.1 Å². The quantitative estimate of drug-likeness (QED) is 0.875. The van der Waals surface area contributed by atoms with Crippen molar-refractivity contribution in [3.05, 3.63) is 29.8 Å². The van der Waals surface area contributed by atoms with Crippen molar-refractivity contribution in [2.75, 3.05) is 12.4 Å². The summed E-state index contributed by atoms with van der Waals surface area (Å²) >= 11 is 0. The maximum Gasteiger partial charge on any atom is 0.411 e. The van der Waals surface area contributed by atoms with E-state index in [1.807, 2.05) is 12.1 Å². The van der Waals surface area contributed by atoms with Crippen molar-refractivity contribution in [1.29, 1.82) is 0 Å². The summed E-state index contributed by atoms with van der Waals surface area (Å²) in [5.41, 5.74) is 1.67. The van der Waals surface area contributed by atoms with Gasteiger partial charge in [0.25, 0.3) is 0 Å². The zero-order valence-corrected chi connectivity index (χ0v) is 12.4. The van der Waals surface area contributed by atoms with Crippen molar-refractivity contribution >= 4 is 17.7 Å². The molecule has 0 aliphatic heterocycles. The molecule has 0 unspecified atom stereocenters. The molecule has 5 heteroatoms. The third kappa shape index (κ3) is 5.10. The van der Waals surface area contributed by atoms with Gasteiger partial charge in [-0.05, 0) is 36.5 Å². The highest BCUT2D eigenvalue weighted by molar-refractivity contribution is 5.84. The van der Waals surface area contributed by atoms with Gasteiger partial charge in [0.15, 0.2) is 0 Å². The summed E-state index contributed by atoms with van der Waals surface area (Å²) < 4.78 is 4.52. The van der Waals surface area contributed by atoms with Crippen LogP contribution in [-0.4, -0.2) is 19.1 Å². The molecule has 1 aromatic carbocycles. The second kappa shape index (κ2) is 7.67. The van der Waals surface area contributed by atoms with Crippen LogP contribution < -0.4 is 10.6 Å². The summed E-state index contributed by atoms with van der Waals surface area (Å²) in [5, 5.41) is 5.53. The molecular formula is C16H22N2O3. The van der Waals surface area contributed by atoms with Gasteiger partial charge in [0.1, 0.15) is 0 Å². The molecule has 0 saturated heterocycles. The van der Waals surface area contributed by atoms with E-state index < -0.39 is 6.09 Å². The van der Waals surface area contributed by atoms with Crippen molar-refractivity contribution in [2.24, 2.45) is 5.92 Å². The van der Waals surface area contributed by atoms with Crippen LogP contribution in [0.15, 0.2) is 24.3 Å². The molecule has 5 nitrogen and oxygen atoms in total. The molecule has 2 N–H and O–H groups in total. The van der Waals surface area contributed by atoms with Gasteiger partial charge in [-0.2, -0.15) is 0 Å². The summed E-state index contributed by atoms with van der Waals surface area (Å²) in [6.45, 7) is 0.518. The summed E-state index contributed by atoms with van der Waals surface area (Å²) in [7, 11) is 1.32. The Morgan fingerprint density at radius 3 is 2.48 bits per heavy atom. The molecule has 0 aromatic heterocycles. The topological polar surface area (TPSA) is 67.4 Å². The number of rotatable bonds is 5. The van der Waals surface area contributed by atoms with Crippen molar-refractivity contribution in [3.63, 3.8) is 0 Å². The number of methoxy groups -OCH3 is 1. The van der Waals surface area contributed by atoms with Gasteiger partial charge in [0.05, 0.1) is 7.11 Å². The van der Waals surface area contributed by atoms with Crippen LogP contribution in [0.3, 0.4) is 0 Å². The molecule has 0 radical (unpaired) electrons. The third-order valence-corrected chi connectivity index (χ3v) is 3.82. The molecule has 1 aliphatic rings. The lowest BCUT2D eigenvalue weighted by Crippen LogP contribution is -2.24. The standard InChI is InChI=1S/C16H22N2O3/c1-21-16(20)18-14-8-6-13(7-9-14)11-17-15(19)10-12-4-2-3-5-12/h6-9,12H,2-5,10-11H2,1H3,(H,17,19)(H,18,20). The number of anilines is 1. The zero-order chi connectivity index (χ0) is 15.1. The fraction of sp³-hybridized carbons (Fsp3) is 0.500. The monoisotopic (exact) mass is 290 g/mol. The Kier molecular flexibility index (Phi) is 5.60. The smallest absolute Gasteiger partial charge is 0.411 e. The molecular weight excluding hydrogens is 268 g/mol. The number of carbonyl (C=O) groups is 2. The number of benzene rings is 1. The lowest BCUT2D eigenvalue weighted by atomic mass is 10.0. The maximum absolute atomic E-state index is 11.8. The Bertz CT molecular complexity index is 479. The molecule has 1 fully saturated rings. The van der Waals surface area contributed by atoms with Gasteiger partial charge >= 0.3 is 6.09 Å². The van der Waals surface area contributed by atoms with E-state index in [0.717, 1.165) is 5.56 Å². The van der Waals surface area contributed by atoms with Crippen LogP contribution in [0.5, 0.6) is 0 Å². The van der Waals surface area contributed by atoms with Crippen LogP contribution in [0, 0.1) is 5.92 Å². The highest BCUT2D eigenvalue weighted by Gasteiger charge is 2.18. The van der Waals surface area contributed by atoms with Crippen LogP contribution in [0.4, 0.5) is 10.5 Å². The van der Waals surface area contributed by atoms with E-state index in [0.29, 0.717) is 24.6 Å². The highest BCUT2D eigenvalue weighted by Crippen LogP contribution is 2.27. The largest absolute Gasteiger partial charge is 0.453 e. The van der Waals surface area contributed by atoms with Gasteiger partial charge < -0.3 is 10.1 Å². The van der Waals surface area contributed by atoms with Gasteiger partial charge in [-0.3, -0.25) is 10.1 Å². The minimum Gasteiger partial charge on any atom is -0.453 e. The lowest BCUT2D eigenvalue weighted by Gasteiger charge is -2.10. The lowest BCUT2D eigenvalue weighted by molar-refractivity contribution is -0.122. The van der Waals surface area contributed by atoms with Crippen molar-refractivity contribution in [1.82, 2.24) is 5.32 Å². The molecule has 1 aromatic rings. The van der Waals surface area contributed by atoms with E-state index in [1.165, 1.54) is 32.8 Å². The Morgan fingerprint density at radius 1 is 1.19 bits per heavy atom. The van der Waals surface area contributed by atoms with Crippen LogP contribution >= 0.6 is 0 Å². The van der Waals surface area contributed by atoms with E-state index in [4.69, 9.17) is 0 Å². The minimum atomic E-state index is -0.493. The van der Waals surface area contributed by atoms with E-state index in [9.17, 15) is 9.59 Å². The molecule has 0 spiro atoms. The first kappa shape index (κ1) is 15.4. The first-order valence-corrected chi connectivity index (χ1v) is 7.38. The SMILES string of the molecule is COC(=O)Nc1ccc(CNC(=O)CC2CCCC2)cc1. The Balaban J connectivity index is 1.75. The Morgan fingerprint density at radius 2 is 1.86 bits per heavy atom. The molecule has 1 aliphatic carbocycles. The Labute approximate surface area is 125 Å². The second-order valence-electron chi connectivity index (χ2n) is 5.44. The minimum absolute atomic E-state index is 0.124. The molecule has 2 amide bonds. The van der Waals surface area contributed by atoms with Gasteiger partial charge in [0.2, 0.25) is 5.91 Å². The number of hydrogen-bond donors (Lipinski definition) is 2. The molecule has 2 rings (SSSR count). The molecule has 1 saturated carbocycles. The predicted octanol–water partition coefficient (Wildman–Crippen LogP) is 3.06. The average Bonchev–Trinajstić information content (AvgIpc) is 2.99. The molecule has 0 heterocycles. The fourth-order valence-corrected chi connectivity index (χ4v) is 2.62. The van der Waals surface area contributed by atoms with E-state index >= 15 is 0 Å². The second-order valence-corrected chi connectivity index (χ2v) is 5.44. The van der Waals surface area contributed by atoms with Crippen molar-refractivity contribution < 1.29 is 14.3 Å². The summed E-state index contributed by atoms with van der Waals surface area (Å²) in [4.78, 5) is 22.9. The van der Waals surface area contributed by atoms with E-state index in [1.54, 1.807) is 12.1 Å². The van der Waals surface area contributed by atoms with Gasteiger partial charge in [-0.25, -0.2) is 4.79 Å². The summed E-state index contributed by atoms with van der Waals surface area (Å²) in [6, 6.07) is 7.33. The van der Waals surface area contributed by atoms with E-state index in [2.05, 4.69) is 15.4 Å². The fourth-order valence-electron chi connectivity index (χ4n) is 2.62. The predicted molar refractivity (Wildman–Crippen MR) is 80.9 cm³/mol. The number of amides is 2. The van der Waals surface area contributed by atoms with Crippen LogP contribution in [0.1, 0.15) is 37.7 Å². The molecule has 21 heavy (non-hydrogen) atoms. The summed E-state index contributed by atoms with van der Waals surface area (Å²) in [5.74, 6) is 0.690. The zero-order valence-electron chi connectivity index (χ0n) is 12.4. The number of ether oxygens (including phenoxy) is 1. The molecule has 0 bridgehead atoms. The number of nitrogens with one attached hydrogen (secondary N) is 2. The highest BCUT2D eigenvalue weighted by atomic mass is 16.5. The van der Waals surface area contributed by atoms with Gasteiger partial charge in [-0.1, -0.05) is 25.0 Å². The third-order valence-electron chi connectivity index (χ3n) is 3.82. The van der Waals surface area contributed by atoms with Crippen LogP contribution in [0.25, 0.3) is 0 Å². The normalized spacial score (nSPS) is 14.7. The van der Waals surface area contributed by atoms with Crippen molar-refractivity contribution in [2.45, 2.75) is 38.6 Å². The maximum atomic E-state index is 11.8. The molecule has 0 atom stereocenters. The average molecular weight is 290 g/mol. The van der Waals surface area contributed by atoms with E-state index in [-0.39, 0.29) is 5.91 Å². The summed E-state index contributed by atoms with van der Waals surface area (Å²) in [6.07, 6.45) is 5.02. The Hall–Kier alpha value is -2.04. The first-order chi connectivity index (χ1) is 10.2. The number of hydrogen-bond acceptors (Lipinski definition) is 3. The number of carbonyl (C=O) groups excluding carboxylic acids is 2. The molecule has 114 valence electrons.